The molecule has 0 saturated carbocycles. The van der Waals surface area contributed by atoms with E-state index in [2.05, 4.69) is 65.0 Å². The summed E-state index contributed by atoms with van der Waals surface area (Å²) < 4.78 is 5.65. The number of aldehydes is 1. The molecule has 6 heteroatoms. The monoisotopic (exact) mass is 651 g/mol. The highest BCUT2D eigenvalue weighted by atomic mass is 28.4. The summed E-state index contributed by atoms with van der Waals surface area (Å²) in [5.41, 5.74) is 0.972. The van der Waals surface area contributed by atoms with Crippen molar-refractivity contribution in [2.24, 2.45) is 11.8 Å². The molecule has 0 aromatic heterocycles. The van der Waals surface area contributed by atoms with Crippen molar-refractivity contribution in [2.45, 2.75) is 117 Å². The Balaban J connectivity index is 0.000000645. The third-order valence-electron chi connectivity index (χ3n) is 9.12. The molecule has 1 heterocycles. The maximum Gasteiger partial charge on any atom is 0.193 e. The van der Waals surface area contributed by atoms with E-state index in [9.17, 15) is 9.90 Å². The van der Waals surface area contributed by atoms with E-state index in [4.69, 9.17) is 16.0 Å². The topological polar surface area (TPSA) is 78.8 Å². The fourth-order valence-electron chi connectivity index (χ4n) is 4.73. The van der Waals surface area contributed by atoms with E-state index in [1.54, 1.807) is 0 Å². The second kappa shape index (κ2) is 23.7. The lowest BCUT2D eigenvalue weighted by Crippen LogP contribution is -2.46. The fourth-order valence-corrected chi connectivity index (χ4v) is 5.61. The lowest BCUT2D eigenvalue weighted by molar-refractivity contribution is -0.111. The molecule has 1 atom stereocenters. The van der Waals surface area contributed by atoms with Gasteiger partial charge >= 0.3 is 0 Å². The zero-order valence-electron chi connectivity index (χ0n) is 30.4. The van der Waals surface area contributed by atoms with Crippen LogP contribution in [-0.4, -0.2) is 50.6 Å². The molecular formula is C40H65NO4Si. The van der Waals surface area contributed by atoms with E-state index < -0.39 is 13.9 Å². The quantitative estimate of drug-likeness (QED) is 0.0925. The Morgan fingerprint density at radius 3 is 1.72 bits per heavy atom. The predicted molar refractivity (Wildman–Crippen MR) is 199 cm³/mol. The van der Waals surface area contributed by atoms with Gasteiger partial charge in [0.05, 0.1) is 13.2 Å². The first-order valence-corrected chi connectivity index (χ1v) is 20.1. The third-order valence-corrected chi connectivity index (χ3v) is 13.6. The smallest absolute Gasteiger partial charge is 0.193 e. The molecule has 0 radical (unpaired) electrons. The van der Waals surface area contributed by atoms with Crippen LogP contribution in [0.25, 0.3) is 0 Å². The molecule has 2 aromatic rings. The minimum Gasteiger partial charge on any atom is -0.406 e. The summed E-state index contributed by atoms with van der Waals surface area (Å²) in [5.74, 6) is 3.48. The third kappa shape index (κ3) is 15.4. The second-order valence-corrected chi connectivity index (χ2v) is 18.1. The highest BCUT2D eigenvalue weighted by molar-refractivity contribution is 6.74. The van der Waals surface area contributed by atoms with E-state index in [0.29, 0.717) is 18.4 Å². The molecule has 258 valence electrons. The van der Waals surface area contributed by atoms with E-state index >= 15 is 0 Å². The number of aliphatic hydroxyl groups is 2. The molecule has 5 nitrogen and oxygen atoms in total. The Kier molecular flexibility index (Phi) is 22.4. The first-order valence-electron chi connectivity index (χ1n) is 17.2. The Hall–Kier alpha value is -2.53. The lowest BCUT2D eigenvalue weighted by Gasteiger charge is -2.35. The molecule has 0 unspecified atom stereocenters. The van der Waals surface area contributed by atoms with E-state index in [1.165, 1.54) is 12.8 Å². The Labute approximate surface area is 283 Å². The van der Waals surface area contributed by atoms with Crippen LogP contribution in [0.5, 0.6) is 0 Å². The van der Waals surface area contributed by atoms with Crippen LogP contribution in [0.2, 0.25) is 18.1 Å². The van der Waals surface area contributed by atoms with Gasteiger partial charge < -0.3 is 24.8 Å². The van der Waals surface area contributed by atoms with Crippen molar-refractivity contribution in [3.05, 3.63) is 83.9 Å². The van der Waals surface area contributed by atoms with Crippen LogP contribution in [0.3, 0.4) is 0 Å². The normalized spacial score (nSPS) is 14.8. The summed E-state index contributed by atoms with van der Waals surface area (Å²) in [7, 11) is -1.57. The molecule has 46 heavy (non-hydrogen) atoms. The molecule has 0 aliphatic carbocycles. The van der Waals surface area contributed by atoms with Crippen molar-refractivity contribution in [1.82, 2.24) is 5.32 Å². The zero-order chi connectivity index (χ0) is 35.1. The molecule has 2 aromatic carbocycles. The summed E-state index contributed by atoms with van der Waals surface area (Å²) in [5, 5.41) is 23.5. The minimum absolute atomic E-state index is 0.0808. The Morgan fingerprint density at radius 1 is 0.935 bits per heavy atom. The van der Waals surface area contributed by atoms with Crippen molar-refractivity contribution in [3.63, 3.8) is 0 Å². The Bertz CT molecular complexity index is 1050. The summed E-state index contributed by atoms with van der Waals surface area (Å²) >= 11 is 0. The molecule has 0 bridgehead atoms. The van der Waals surface area contributed by atoms with Crippen LogP contribution in [-0.2, 0) is 14.8 Å². The van der Waals surface area contributed by atoms with Gasteiger partial charge in [-0.05, 0) is 80.2 Å². The second-order valence-electron chi connectivity index (χ2n) is 13.3. The van der Waals surface area contributed by atoms with Crippen molar-refractivity contribution in [3.8, 4) is 12.3 Å². The molecule has 0 amide bonds. The minimum atomic E-state index is -1.57. The van der Waals surface area contributed by atoms with Crippen LogP contribution in [0.4, 0.5) is 0 Å². The number of rotatable bonds is 12. The average Bonchev–Trinajstić information content (AvgIpc) is 3.62. The lowest BCUT2D eigenvalue weighted by atomic mass is 9.79. The number of aliphatic hydroxyl groups excluding tert-OH is 1. The average molecular weight is 652 g/mol. The van der Waals surface area contributed by atoms with Gasteiger partial charge in [-0.15, -0.1) is 6.42 Å². The highest BCUT2D eigenvalue weighted by Crippen LogP contribution is 2.37. The molecular weight excluding hydrogens is 587 g/mol. The number of terminal acetylenes is 1. The van der Waals surface area contributed by atoms with E-state index in [0.717, 1.165) is 49.6 Å². The molecule has 1 saturated heterocycles. The Morgan fingerprint density at radius 2 is 1.41 bits per heavy atom. The van der Waals surface area contributed by atoms with Crippen LogP contribution in [0.15, 0.2) is 72.8 Å². The van der Waals surface area contributed by atoms with Crippen molar-refractivity contribution in [1.29, 1.82) is 0 Å². The zero-order valence-corrected chi connectivity index (χ0v) is 31.4. The molecule has 1 aliphatic rings. The fraction of sp³-hybridized carbons (Fsp3) is 0.575. The van der Waals surface area contributed by atoms with E-state index in [1.807, 2.05) is 80.6 Å². The van der Waals surface area contributed by atoms with Crippen molar-refractivity contribution < 1.29 is 19.4 Å². The van der Waals surface area contributed by atoms with Gasteiger partial charge in [-0.1, -0.05) is 127 Å². The number of benzene rings is 2. The number of carbonyl (C=O) groups is 1. The number of hydrogen-bond acceptors (Lipinski definition) is 5. The maximum absolute atomic E-state index is 11.4. The largest absolute Gasteiger partial charge is 0.406 e. The van der Waals surface area contributed by atoms with Gasteiger partial charge in [0.15, 0.2) is 8.32 Å². The molecule has 0 spiro atoms. The standard InChI is InChI=1S/C17H19NO.C9H18OSi.C8H16O.C6H12O/c19-17(16-12-7-13-18-16,14-8-3-1-4-9-14)15-10-5-2-6-11-15;1-7-8-10-11(5,6)9(2,3)4;1-3-8(4-2)6-5-7-9;1-3-6(4-2)5-7/h1-6,8-11,16,18-19H,7,12-13H2;1H,8H2,2-6H3;5-6,8-9H,3-4,7H2,1-2H3;5-6H,3-4H2,1-2H3/b;;6-5+;/t16-;;;/m0.../s1. The summed E-state index contributed by atoms with van der Waals surface area (Å²) in [6.07, 6.45) is 16.5. The van der Waals surface area contributed by atoms with Crippen LogP contribution in [0, 0.1) is 24.2 Å². The van der Waals surface area contributed by atoms with Gasteiger partial charge in [-0.25, -0.2) is 0 Å². The van der Waals surface area contributed by atoms with Gasteiger partial charge in [0, 0.05) is 12.0 Å². The van der Waals surface area contributed by atoms with Crippen LogP contribution < -0.4 is 5.32 Å². The molecule has 3 rings (SSSR count). The van der Waals surface area contributed by atoms with Crippen molar-refractivity contribution >= 4 is 14.6 Å². The molecule has 1 fully saturated rings. The van der Waals surface area contributed by atoms with Gasteiger partial charge in [-0.2, -0.15) is 0 Å². The SMILES string of the molecule is C#CCO[Si](C)(C)C(C)(C)C.CCC(/C=C/CO)CC.CCC(C=O)CC.OC(c1ccccc1)(c1ccccc1)[C@@H]1CCCN1. The maximum atomic E-state index is 11.4. The van der Waals surface area contributed by atoms with Gasteiger partial charge in [0.25, 0.3) is 0 Å². The van der Waals surface area contributed by atoms with Gasteiger partial charge in [0.1, 0.15) is 11.9 Å². The number of carbonyl (C=O) groups excluding carboxylic acids is 1. The molecule has 1 aliphatic heterocycles. The van der Waals surface area contributed by atoms with Crippen molar-refractivity contribution in [2.75, 3.05) is 19.8 Å². The summed E-state index contributed by atoms with van der Waals surface area (Å²) in [4.78, 5) is 9.97. The van der Waals surface area contributed by atoms with Crippen LogP contribution in [0.1, 0.15) is 98.1 Å². The highest BCUT2D eigenvalue weighted by Gasteiger charge is 2.41. The number of nitrogens with one attached hydrogen (secondary N) is 1. The van der Waals surface area contributed by atoms with Gasteiger partial charge in [-0.3, -0.25) is 0 Å². The van der Waals surface area contributed by atoms with E-state index in [-0.39, 0.29) is 17.7 Å². The number of hydrogen-bond donors (Lipinski definition) is 3. The molecule has 3 N–H and O–H groups in total. The summed E-state index contributed by atoms with van der Waals surface area (Å²) in [6.45, 7) is 21.0. The van der Waals surface area contributed by atoms with Gasteiger partial charge in [0.2, 0.25) is 0 Å². The van der Waals surface area contributed by atoms with Crippen LogP contribution >= 0.6 is 0 Å². The number of allylic oxidation sites excluding steroid dienone is 1. The first-order chi connectivity index (χ1) is 21.8. The first kappa shape index (κ1) is 43.5. The summed E-state index contributed by atoms with van der Waals surface area (Å²) in [6, 6.07) is 20.0. The predicted octanol–water partition coefficient (Wildman–Crippen LogP) is 8.91.